The van der Waals surface area contributed by atoms with Crippen molar-refractivity contribution in [3.63, 3.8) is 0 Å². The molecule has 0 aliphatic rings. The number of amides is 2. The standard InChI is InChI=1S/C23H19N3O4/c1-15(16-7-3-2-4-8-16)25-26-21(27)17-11-13-18(14-12-17)24-22(28)19-9-5-6-10-20(19)23(29)30/h2-14H,1H3,(H,24,28)(H,26,27)(H,29,30)/b25-15+. The number of rotatable bonds is 6. The van der Waals surface area contributed by atoms with Crippen molar-refractivity contribution in [2.24, 2.45) is 5.10 Å². The van der Waals surface area contributed by atoms with Gasteiger partial charge in [-0.1, -0.05) is 42.5 Å². The number of anilines is 1. The normalized spacial score (nSPS) is 10.9. The van der Waals surface area contributed by atoms with Crippen molar-refractivity contribution in [2.75, 3.05) is 5.32 Å². The summed E-state index contributed by atoms with van der Waals surface area (Å²) in [7, 11) is 0. The SMILES string of the molecule is C/C(=N\NC(=O)c1ccc(NC(=O)c2ccccc2C(=O)O)cc1)c1ccccc1. The predicted octanol–water partition coefficient (Wildman–Crippen LogP) is 3.79. The molecule has 0 radical (unpaired) electrons. The number of carbonyl (C=O) groups is 3. The summed E-state index contributed by atoms with van der Waals surface area (Å²) in [4.78, 5) is 35.9. The second kappa shape index (κ2) is 9.29. The van der Waals surface area contributed by atoms with Gasteiger partial charge in [-0.05, 0) is 48.9 Å². The first-order chi connectivity index (χ1) is 14.5. The van der Waals surface area contributed by atoms with Crippen molar-refractivity contribution >= 4 is 29.2 Å². The fourth-order valence-corrected chi connectivity index (χ4v) is 2.71. The summed E-state index contributed by atoms with van der Waals surface area (Å²) >= 11 is 0. The van der Waals surface area contributed by atoms with Gasteiger partial charge in [0.2, 0.25) is 0 Å². The van der Waals surface area contributed by atoms with E-state index in [9.17, 15) is 19.5 Å². The number of carboxylic acid groups (broad SMARTS) is 1. The molecule has 7 nitrogen and oxygen atoms in total. The molecule has 0 atom stereocenters. The van der Waals surface area contributed by atoms with E-state index in [1.165, 1.54) is 12.1 Å². The smallest absolute Gasteiger partial charge is 0.336 e. The molecule has 0 unspecified atom stereocenters. The first-order valence-corrected chi connectivity index (χ1v) is 9.09. The number of carbonyl (C=O) groups excluding carboxylic acids is 2. The lowest BCUT2D eigenvalue weighted by Crippen LogP contribution is -2.19. The van der Waals surface area contributed by atoms with Gasteiger partial charge in [0.15, 0.2) is 0 Å². The lowest BCUT2D eigenvalue weighted by atomic mass is 10.1. The van der Waals surface area contributed by atoms with Crippen molar-refractivity contribution in [1.29, 1.82) is 0 Å². The van der Waals surface area contributed by atoms with Crippen LogP contribution >= 0.6 is 0 Å². The van der Waals surface area contributed by atoms with Gasteiger partial charge in [-0.15, -0.1) is 0 Å². The molecule has 30 heavy (non-hydrogen) atoms. The molecular formula is C23H19N3O4. The maximum atomic E-state index is 12.4. The summed E-state index contributed by atoms with van der Waals surface area (Å²) in [5, 5.41) is 15.9. The van der Waals surface area contributed by atoms with Crippen LogP contribution < -0.4 is 10.7 Å². The molecule has 0 bridgehead atoms. The third-order valence-corrected chi connectivity index (χ3v) is 4.32. The van der Waals surface area contributed by atoms with Crippen LogP contribution in [0.4, 0.5) is 5.69 Å². The maximum absolute atomic E-state index is 12.4. The summed E-state index contributed by atoms with van der Waals surface area (Å²) in [6, 6.07) is 21.6. The molecule has 0 aliphatic heterocycles. The van der Waals surface area contributed by atoms with Crippen molar-refractivity contribution in [3.8, 4) is 0 Å². The molecule has 150 valence electrons. The van der Waals surface area contributed by atoms with Gasteiger partial charge in [-0.3, -0.25) is 9.59 Å². The fourth-order valence-electron chi connectivity index (χ4n) is 2.71. The molecule has 0 heterocycles. The van der Waals surface area contributed by atoms with Crippen molar-refractivity contribution in [1.82, 2.24) is 5.43 Å². The van der Waals surface area contributed by atoms with Crippen LogP contribution in [0.5, 0.6) is 0 Å². The van der Waals surface area contributed by atoms with Gasteiger partial charge in [0, 0.05) is 11.3 Å². The quantitative estimate of drug-likeness (QED) is 0.431. The molecule has 0 saturated carbocycles. The zero-order valence-corrected chi connectivity index (χ0v) is 16.1. The Morgan fingerprint density at radius 1 is 0.733 bits per heavy atom. The molecule has 0 aromatic heterocycles. The summed E-state index contributed by atoms with van der Waals surface area (Å²) in [5.74, 6) is -2.12. The molecule has 2 amide bonds. The first-order valence-electron chi connectivity index (χ1n) is 9.09. The molecule has 3 aromatic rings. The lowest BCUT2D eigenvalue weighted by Gasteiger charge is -2.08. The number of hydrazone groups is 1. The summed E-state index contributed by atoms with van der Waals surface area (Å²) in [6.07, 6.45) is 0. The average Bonchev–Trinajstić information content (AvgIpc) is 2.78. The Morgan fingerprint density at radius 3 is 1.97 bits per heavy atom. The number of hydrogen-bond donors (Lipinski definition) is 3. The molecule has 0 spiro atoms. The van der Waals surface area contributed by atoms with E-state index in [0.29, 0.717) is 17.0 Å². The van der Waals surface area contributed by atoms with Gasteiger partial charge in [0.05, 0.1) is 16.8 Å². The van der Waals surface area contributed by atoms with Crippen molar-refractivity contribution in [3.05, 3.63) is 101 Å². The van der Waals surface area contributed by atoms with Gasteiger partial charge in [-0.25, -0.2) is 10.2 Å². The highest BCUT2D eigenvalue weighted by Crippen LogP contribution is 2.14. The van der Waals surface area contributed by atoms with E-state index in [1.807, 2.05) is 30.3 Å². The van der Waals surface area contributed by atoms with Gasteiger partial charge >= 0.3 is 5.97 Å². The third kappa shape index (κ3) is 4.96. The highest BCUT2D eigenvalue weighted by molar-refractivity contribution is 6.10. The molecule has 7 heteroatoms. The Kier molecular flexibility index (Phi) is 6.34. The monoisotopic (exact) mass is 401 g/mol. The second-order valence-corrected chi connectivity index (χ2v) is 6.39. The van der Waals surface area contributed by atoms with Crippen LogP contribution in [0, 0.1) is 0 Å². The Labute approximate surface area is 173 Å². The van der Waals surface area contributed by atoms with Gasteiger partial charge in [0.1, 0.15) is 0 Å². The van der Waals surface area contributed by atoms with Crippen LogP contribution in [0.2, 0.25) is 0 Å². The van der Waals surface area contributed by atoms with E-state index in [-0.39, 0.29) is 17.0 Å². The number of carboxylic acids is 1. The first kappa shape index (κ1) is 20.5. The maximum Gasteiger partial charge on any atom is 0.336 e. The number of benzene rings is 3. The molecule has 0 aliphatic carbocycles. The highest BCUT2D eigenvalue weighted by atomic mass is 16.4. The highest BCUT2D eigenvalue weighted by Gasteiger charge is 2.16. The molecule has 3 N–H and O–H groups in total. The van der Waals surface area contributed by atoms with E-state index in [0.717, 1.165) is 5.56 Å². The molecule has 3 rings (SSSR count). The van der Waals surface area contributed by atoms with Crippen LogP contribution in [0.3, 0.4) is 0 Å². The van der Waals surface area contributed by atoms with Crippen molar-refractivity contribution < 1.29 is 19.5 Å². The van der Waals surface area contributed by atoms with Gasteiger partial charge in [0.25, 0.3) is 11.8 Å². The molecule has 3 aromatic carbocycles. The van der Waals surface area contributed by atoms with E-state index in [4.69, 9.17) is 0 Å². The minimum absolute atomic E-state index is 0.0533. The summed E-state index contributed by atoms with van der Waals surface area (Å²) in [6.45, 7) is 1.79. The predicted molar refractivity (Wildman–Crippen MR) is 114 cm³/mol. The van der Waals surface area contributed by atoms with Gasteiger partial charge < -0.3 is 10.4 Å². The minimum Gasteiger partial charge on any atom is -0.478 e. The van der Waals surface area contributed by atoms with E-state index >= 15 is 0 Å². The number of aromatic carboxylic acids is 1. The van der Waals surface area contributed by atoms with Crippen LogP contribution in [0.15, 0.2) is 84.0 Å². The Morgan fingerprint density at radius 2 is 1.33 bits per heavy atom. The van der Waals surface area contributed by atoms with E-state index < -0.39 is 11.9 Å². The topological polar surface area (TPSA) is 108 Å². The van der Waals surface area contributed by atoms with Gasteiger partial charge in [-0.2, -0.15) is 5.10 Å². The Hall–Kier alpha value is -4.26. The van der Waals surface area contributed by atoms with E-state index in [1.54, 1.807) is 43.3 Å². The van der Waals surface area contributed by atoms with Crippen LogP contribution in [0.25, 0.3) is 0 Å². The number of hydrogen-bond acceptors (Lipinski definition) is 4. The second-order valence-electron chi connectivity index (χ2n) is 6.39. The number of nitrogens with one attached hydrogen (secondary N) is 2. The molecule has 0 fully saturated rings. The fraction of sp³-hybridized carbons (Fsp3) is 0.0435. The summed E-state index contributed by atoms with van der Waals surface area (Å²) in [5.41, 5.74) is 4.83. The molecular weight excluding hydrogens is 382 g/mol. The largest absolute Gasteiger partial charge is 0.478 e. The minimum atomic E-state index is -1.18. The Balaban J connectivity index is 1.66. The van der Waals surface area contributed by atoms with Crippen LogP contribution in [-0.4, -0.2) is 28.6 Å². The Bertz CT molecular complexity index is 1110. The molecule has 0 saturated heterocycles. The number of nitrogens with zero attached hydrogens (tertiary/aromatic N) is 1. The van der Waals surface area contributed by atoms with E-state index in [2.05, 4.69) is 15.8 Å². The summed E-state index contributed by atoms with van der Waals surface area (Å²) < 4.78 is 0. The third-order valence-electron chi connectivity index (χ3n) is 4.32. The zero-order chi connectivity index (χ0) is 21.5. The average molecular weight is 401 g/mol. The lowest BCUT2D eigenvalue weighted by molar-refractivity contribution is 0.0692. The van der Waals surface area contributed by atoms with Crippen LogP contribution in [0.1, 0.15) is 43.6 Å². The van der Waals surface area contributed by atoms with Crippen LogP contribution in [-0.2, 0) is 0 Å². The zero-order valence-electron chi connectivity index (χ0n) is 16.1. The van der Waals surface area contributed by atoms with Crippen molar-refractivity contribution in [2.45, 2.75) is 6.92 Å².